The second-order valence-electron chi connectivity index (χ2n) is 6.73. The monoisotopic (exact) mass is 429 g/mol. The van der Waals surface area contributed by atoms with Crippen molar-refractivity contribution < 1.29 is 17.9 Å². The van der Waals surface area contributed by atoms with Crippen LogP contribution >= 0.6 is 0 Å². The van der Waals surface area contributed by atoms with Crippen molar-refractivity contribution in [3.05, 3.63) is 65.5 Å². The van der Waals surface area contributed by atoms with Crippen molar-refractivity contribution in [3.8, 4) is 0 Å². The Labute approximate surface area is 175 Å². The van der Waals surface area contributed by atoms with Gasteiger partial charge in [0.15, 0.2) is 12.4 Å². The van der Waals surface area contributed by atoms with E-state index >= 15 is 0 Å². The molecule has 0 saturated heterocycles. The molecular weight excluding hydrogens is 406 g/mol. The second kappa shape index (κ2) is 9.04. The number of esters is 1. The Morgan fingerprint density at radius 1 is 1.10 bits per heavy atom. The highest BCUT2D eigenvalue weighted by Gasteiger charge is 2.21. The van der Waals surface area contributed by atoms with Gasteiger partial charge in [-0.1, -0.05) is 24.6 Å². The average molecular weight is 430 g/mol. The third-order valence-electron chi connectivity index (χ3n) is 4.52. The zero-order chi connectivity index (χ0) is 21.7. The molecule has 158 valence electrons. The minimum Gasteiger partial charge on any atom is -0.454 e. The highest BCUT2D eigenvalue weighted by atomic mass is 32.2. The number of rotatable bonds is 8. The van der Waals surface area contributed by atoms with Gasteiger partial charge in [-0.05, 0) is 60.2 Å². The van der Waals surface area contributed by atoms with Crippen LogP contribution in [0.1, 0.15) is 35.1 Å². The Kier molecular flexibility index (Phi) is 6.46. The number of ether oxygens (including phenoxy) is 1. The second-order valence-corrected chi connectivity index (χ2v) is 8.70. The van der Waals surface area contributed by atoms with E-state index < -0.39 is 16.0 Å². The van der Waals surface area contributed by atoms with Crippen molar-refractivity contribution in [1.29, 1.82) is 0 Å². The number of aryl methyl sites for hydroxylation is 2. The molecule has 0 bridgehead atoms. The largest absolute Gasteiger partial charge is 0.454 e. The van der Waals surface area contributed by atoms with Gasteiger partial charge in [0.25, 0.3) is 10.0 Å². The zero-order valence-corrected chi connectivity index (χ0v) is 17.8. The number of carbonyl (C=O) groups excluding carboxylic acids is 1. The summed E-state index contributed by atoms with van der Waals surface area (Å²) < 4.78 is 33.6. The van der Waals surface area contributed by atoms with Gasteiger partial charge in [-0.15, -0.1) is 5.10 Å². The molecule has 0 unspecified atom stereocenters. The highest BCUT2D eigenvalue weighted by Crippen LogP contribution is 2.23. The van der Waals surface area contributed by atoms with Crippen LogP contribution in [0.2, 0.25) is 0 Å². The lowest BCUT2D eigenvalue weighted by Gasteiger charge is -2.19. The molecule has 3 aromatic rings. The van der Waals surface area contributed by atoms with Crippen LogP contribution in [-0.4, -0.2) is 41.6 Å². The van der Waals surface area contributed by atoms with E-state index in [4.69, 9.17) is 4.74 Å². The molecule has 1 aromatic heterocycles. The fraction of sp³-hybridized carbons (Fsp3) is 0.300. The average Bonchev–Trinajstić information content (AvgIpc) is 3.19. The van der Waals surface area contributed by atoms with Crippen LogP contribution < -0.4 is 4.31 Å². The highest BCUT2D eigenvalue weighted by molar-refractivity contribution is 7.92. The van der Waals surface area contributed by atoms with E-state index in [1.54, 1.807) is 41.1 Å². The fourth-order valence-electron chi connectivity index (χ4n) is 2.74. The Bertz CT molecular complexity index is 1110. The molecule has 0 radical (unpaired) electrons. The molecule has 0 spiro atoms. The van der Waals surface area contributed by atoms with Crippen LogP contribution in [0.3, 0.4) is 0 Å². The zero-order valence-electron chi connectivity index (χ0n) is 17.0. The maximum atomic E-state index is 12.8. The first-order valence-electron chi connectivity index (χ1n) is 9.40. The van der Waals surface area contributed by atoms with Crippen molar-refractivity contribution >= 4 is 21.7 Å². The smallest absolute Gasteiger partial charge is 0.338 e. The molecule has 10 heteroatoms. The Balaban J connectivity index is 1.68. The summed E-state index contributed by atoms with van der Waals surface area (Å²) in [4.78, 5) is 12.5. The van der Waals surface area contributed by atoms with Gasteiger partial charge in [0.05, 0.1) is 16.1 Å². The van der Waals surface area contributed by atoms with Gasteiger partial charge in [-0.2, -0.15) is 0 Å². The lowest BCUT2D eigenvalue weighted by atomic mass is 10.2. The summed E-state index contributed by atoms with van der Waals surface area (Å²) >= 11 is 0. The van der Waals surface area contributed by atoms with Gasteiger partial charge in [-0.25, -0.2) is 17.9 Å². The standard InChI is InChI=1S/C20H23N5O4S/c1-4-13-25-19(21-22-23-25)14-29-20(26)16-7-9-17(10-8-16)24(3)30(27,28)18-11-5-15(2)6-12-18/h5-12H,4,13-14H2,1-3H3. The van der Waals surface area contributed by atoms with E-state index in [0.717, 1.165) is 12.0 Å². The molecule has 0 atom stereocenters. The van der Waals surface area contributed by atoms with E-state index in [9.17, 15) is 13.2 Å². The van der Waals surface area contributed by atoms with E-state index in [1.165, 1.54) is 23.5 Å². The van der Waals surface area contributed by atoms with Gasteiger partial charge in [0, 0.05) is 13.6 Å². The van der Waals surface area contributed by atoms with E-state index in [0.29, 0.717) is 23.6 Å². The molecule has 0 aliphatic carbocycles. The Hall–Kier alpha value is -3.27. The molecule has 0 amide bonds. The number of tetrazole rings is 1. The van der Waals surface area contributed by atoms with Gasteiger partial charge in [-0.3, -0.25) is 4.31 Å². The lowest BCUT2D eigenvalue weighted by molar-refractivity contribution is 0.0456. The van der Waals surface area contributed by atoms with E-state index in [2.05, 4.69) is 15.5 Å². The predicted octanol–water partition coefficient (Wildman–Crippen LogP) is 2.57. The van der Waals surface area contributed by atoms with Gasteiger partial charge >= 0.3 is 5.97 Å². The Morgan fingerprint density at radius 3 is 2.40 bits per heavy atom. The first kappa shape index (κ1) is 21.4. The van der Waals surface area contributed by atoms with E-state index in [1.807, 2.05) is 13.8 Å². The quantitative estimate of drug-likeness (QED) is 0.507. The van der Waals surface area contributed by atoms with Crippen LogP contribution in [-0.2, 0) is 27.9 Å². The summed E-state index contributed by atoms with van der Waals surface area (Å²) in [5.74, 6) is -0.0811. The van der Waals surface area contributed by atoms with Crippen LogP contribution in [0.5, 0.6) is 0 Å². The van der Waals surface area contributed by atoms with Crippen molar-refractivity contribution in [2.24, 2.45) is 0 Å². The third-order valence-corrected chi connectivity index (χ3v) is 6.32. The summed E-state index contributed by atoms with van der Waals surface area (Å²) in [6.45, 7) is 4.48. The third kappa shape index (κ3) is 4.65. The van der Waals surface area contributed by atoms with Crippen molar-refractivity contribution in [2.45, 2.75) is 38.3 Å². The number of aromatic nitrogens is 4. The number of sulfonamides is 1. The topological polar surface area (TPSA) is 107 Å². The van der Waals surface area contributed by atoms with Crippen LogP contribution in [0.15, 0.2) is 53.4 Å². The minimum atomic E-state index is -3.70. The SMILES string of the molecule is CCCn1nnnc1COC(=O)c1ccc(N(C)S(=O)(=O)c2ccc(C)cc2)cc1. The summed E-state index contributed by atoms with van der Waals surface area (Å²) in [5.41, 5.74) is 1.71. The first-order chi connectivity index (χ1) is 14.3. The molecule has 0 aliphatic rings. The summed E-state index contributed by atoms with van der Waals surface area (Å²) in [6, 6.07) is 12.8. The lowest BCUT2D eigenvalue weighted by Crippen LogP contribution is -2.26. The van der Waals surface area contributed by atoms with Gasteiger partial charge in [0.1, 0.15) is 0 Å². The maximum absolute atomic E-state index is 12.8. The molecule has 0 fully saturated rings. The Morgan fingerprint density at radius 2 is 1.77 bits per heavy atom. The van der Waals surface area contributed by atoms with Crippen LogP contribution in [0, 0.1) is 6.92 Å². The number of anilines is 1. The molecule has 2 aromatic carbocycles. The molecular formula is C20H23N5O4S. The number of hydrogen-bond donors (Lipinski definition) is 0. The summed E-state index contributed by atoms with van der Waals surface area (Å²) in [7, 11) is -2.23. The first-order valence-corrected chi connectivity index (χ1v) is 10.8. The number of nitrogens with zero attached hydrogens (tertiary/aromatic N) is 5. The summed E-state index contributed by atoms with van der Waals surface area (Å²) in [5, 5.41) is 11.3. The van der Waals surface area contributed by atoms with Gasteiger partial charge in [0.2, 0.25) is 0 Å². The molecule has 0 N–H and O–H groups in total. The van der Waals surface area contributed by atoms with Crippen LogP contribution in [0.25, 0.3) is 0 Å². The van der Waals surface area contributed by atoms with Crippen molar-refractivity contribution in [3.63, 3.8) is 0 Å². The predicted molar refractivity (Wildman–Crippen MR) is 110 cm³/mol. The minimum absolute atomic E-state index is 0.0463. The normalized spacial score (nSPS) is 11.3. The molecule has 30 heavy (non-hydrogen) atoms. The van der Waals surface area contributed by atoms with Crippen LogP contribution in [0.4, 0.5) is 5.69 Å². The maximum Gasteiger partial charge on any atom is 0.338 e. The molecule has 9 nitrogen and oxygen atoms in total. The molecule has 0 aliphatic heterocycles. The fourth-order valence-corrected chi connectivity index (χ4v) is 3.94. The number of carbonyl (C=O) groups is 1. The van der Waals surface area contributed by atoms with Crippen molar-refractivity contribution in [1.82, 2.24) is 20.2 Å². The molecule has 3 rings (SSSR count). The summed E-state index contributed by atoms with van der Waals surface area (Å²) in [6.07, 6.45) is 0.854. The van der Waals surface area contributed by atoms with Gasteiger partial charge < -0.3 is 4.74 Å². The molecule has 1 heterocycles. The van der Waals surface area contributed by atoms with Crippen molar-refractivity contribution in [2.75, 3.05) is 11.4 Å². The molecule has 0 saturated carbocycles. The number of hydrogen-bond acceptors (Lipinski definition) is 7. The number of benzene rings is 2. The van der Waals surface area contributed by atoms with E-state index in [-0.39, 0.29) is 11.5 Å².